The number of pyridine rings is 1. The van der Waals surface area contributed by atoms with Crippen molar-refractivity contribution in [3.63, 3.8) is 0 Å². The summed E-state index contributed by atoms with van der Waals surface area (Å²) in [6, 6.07) is 9.00. The number of ether oxygens (including phenoxy) is 2. The molecule has 0 spiro atoms. The van der Waals surface area contributed by atoms with Crippen LogP contribution in [0.2, 0.25) is 0 Å². The molecule has 1 aromatic carbocycles. The number of hydrogen-bond donors (Lipinski definition) is 1. The van der Waals surface area contributed by atoms with Crippen molar-refractivity contribution in [3.8, 4) is 5.88 Å². The van der Waals surface area contributed by atoms with Crippen LogP contribution in [0.3, 0.4) is 0 Å². The smallest absolute Gasteiger partial charge is 0.410 e. The van der Waals surface area contributed by atoms with Gasteiger partial charge in [-0.1, -0.05) is 18.2 Å². The molecular formula is C23H25FN2O5. The first-order valence-corrected chi connectivity index (χ1v) is 9.91. The Hall–Kier alpha value is -3.42. The molecule has 31 heavy (non-hydrogen) atoms. The van der Waals surface area contributed by atoms with Gasteiger partial charge < -0.3 is 19.5 Å². The highest BCUT2D eigenvalue weighted by Crippen LogP contribution is 2.24. The lowest BCUT2D eigenvalue weighted by atomic mass is 10.0. The fourth-order valence-electron chi connectivity index (χ4n) is 3.02. The Kier molecular flexibility index (Phi) is 6.58. The van der Waals surface area contributed by atoms with Gasteiger partial charge in [-0.25, -0.2) is 19.0 Å². The van der Waals surface area contributed by atoms with Gasteiger partial charge >= 0.3 is 12.1 Å². The number of hydrogen-bond acceptors (Lipinski definition) is 5. The predicted octanol–water partition coefficient (Wildman–Crippen LogP) is 4.52. The number of nitrogens with zero attached hydrogens (tertiary/aromatic N) is 2. The van der Waals surface area contributed by atoms with Crippen molar-refractivity contribution in [2.75, 3.05) is 13.1 Å². The highest BCUT2D eigenvalue weighted by atomic mass is 19.1. The van der Waals surface area contributed by atoms with E-state index in [0.717, 1.165) is 17.3 Å². The Balaban J connectivity index is 1.63. The Morgan fingerprint density at radius 2 is 2.00 bits per heavy atom. The number of aromatic carboxylic acids is 1. The zero-order chi connectivity index (χ0) is 22.6. The van der Waals surface area contributed by atoms with Gasteiger partial charge in [0, 0.05) is 24.7 Å². The zero-order valence-corrected chi connectivity index (χ0v) is 17.7. The molecule has 1 aliphatic rings. The third-order valence-electron chi connectivity index (χ3n) is 4.59. The summed E-state index contributed by atoms with van der Waals surface area (Å²) in [4.78, 5) is 29.2. The van der Waals surface area contributed by atoms with E-state index in [2.05, 4.69) is 4.98 Å². The van der Waals surface area contributed by atoms with Gasteiger partial charge in [0.15, 0.2) is 0 Å². The van der Waals surface area contributed by atoms with Gasteiger partial charge in [-0.15, -0.1) is 0 Å². The maximum Gasteiger partial charge on any atom is 0.410 e. The van der Waals surface area contributed by atoms with Crippen molar-refractivity contribution in [2.45, 2.75) is 39.4 Å². The molecule has 0 radical (unpaired) electrons. The van der Waals surface area contributed by atoms with E-state index in [1.54, 1.807) is 17.0 Å². The molecule has 1 aliphatic heterocycles. The summed E-state index contributed by atoms with van der Waals surface area (Å²) in [6.45, 7) is 6.37. The average molecular weight is 428 g/mol. The molecular weight excluding hydrogens is 403 g/mol. The summed E-state index contributed by atoms with van der Waals surface area (Å²) in [7, 11) is 0. The summed E-state index contributed by atoms with van der Waals surface area (Å²) in [5, 5.41) is 8.92. The first kappa shape index (κ1) is 22.3. The minimum Gasteiger partial charge on any atom is -0.478 e. The number of carbonyl (C=O) groups excluding carboxylic acids is 1. The van der Waals surface area contributed by atoms with Crippen LogP contribution in [0.4, 0.5) is 9.18 Å². The topological polar surface area (TPSA) is 89.0 Å². The van der Waals surface area contributed by atoms with E-state index in [4.69, 9.17) is 14.6 Å². The second-order valence-corrected chi connectivity index (χ2v) is 8.17. The molecule has 0 unspecified atom stereocenters. The zero-order valence-electron chi connectivity index (χ0n) is 17.7. The van der Waals surface area contributed by atoms with Crippen molar-refractivity contribution in [1.82, 2.24) is 9.88 Å². The second-order valence-electron chi connectivity index (χ2n) is 8.17. The minimum atomic E-state index is -1.19. The summed E-state index contributed by atoms with van der Waals surface area (Å²) in [6.07, 6.45) is 2.22. The quantitative estimate of drug-likeness (QED) is 0.753. The average Bonchev–Trinajstić information content (AvgIpc) is 2.72. The first-order chi connectivity index (χ1) is 14.6. The minimum absolute atomic E-state index is 0.0757. The third kappa shape index (κ3) is 6.04. The Labute approximate surface area is 180 Å². The second kappa shape index (κ2) is 9.16. The van der Waals surface area contributed by atoms with Gasteiger partial charge in [-0.05, 0) is 51.0 Å². The van der Waals surface area contributed by atoms with Crippen LogP contribution in [0.5, 0.6) is 5.88 Å². The lowest BCUT2D eigenvalue weighted by Gasteiger charge is -2.29. The molecule has 1 aromatic heterocycles. The van der Waals surface area contributed by atoms with E-state index in [1.807, 2.05) is 32.9 Å². The molecule has 0 aliphatic carbocycles. The van der Waals surface area contributed by atoms with Gasteiger partial charge in [0.1, 0.15) is 18.0 Å². The van der Waals surface area contributed by atoms with Crippen LogP contribution < -0.4 is 4.74 Å². The van der Waals surface area contributed by atoms with Gasteiger partial charge in [0.2, 0.25) is 5.88 Å². The summed E-state index contributed by atoms with van der Waals surface area (Å²) in [5.74, 6) is -1.50. The van der Waals surface area contributed by atoms with E-state index in [-0.39, 0.29) is 23.8 Å². The van der Waals surface area contributed by atoms with Gasteiger partial charge in [-0.3, -0.25) is 0 Å². The molecule has 164 valence electrons. The SMILES string of the molecule is CC(C)(C)OC(=O)N1CC=C(c2cccc(OCc3ccc(C(=O)O)cc3F)n2)CC1. The van der Waals surface area contributed by atoms with Gasteiger partial charge in [0.05, 0.1) is 11.3 Å². The summed E-state index contributed by atoms with van der Waals surface area (Å²) >= 11 is 0. The van der Waals surface area contributed by atoms with Crippen LogP contribution in [0.1, 0.15) is 48.8 Å². The standard InChI is InChI=1S/C23H25FN2O5/c1-23(2,3)31-22(29)26-11-9-15(10-12-26)19-5-4-6-20(25-19)30-14-17-8-7-16(21(27)28)13-18(17)24/h4-9,13H,10-12,14H2,1-3H3,(H,27,28). The fraction of sp³-hybridized carbons (Fsp3) is 0.348. The van der Waals surface area contributed by atoms with Crippen LogP contribution in [-0.4, -0.2) is 45.7 Å². The number of carbonyl (C=O) groups is 2. The molecule has 3 rings (SSSR count). The van der Waals surface area contributed by atoms with Crippen molar-refractivity contribution in [3.05, 3.63) is 65.1 Å². The highest BCUT2D eigenvalue weighted by Gasteiger charge is 2.24. The van der Waals surface area contributed by atoms with E-state index >= 15 is 0 Å². The molecule has 0 saturated heterocycles. The molecule has 0 fully saturated rings. The van der Waals surface area contributed by atoms with E-state index in [1.165, 1.54) is 12.1 Å². The van der Waals surface area contributed by atoms with Crippen LogP contribution in [0.25, 0.3) is 5.57 Å². The maximum atomic E-state index is 14.1. The molecule has 0 saturated carbocycles. The van der Waals surface area contributed by atoms with Crippen LogP contribution in [-0.2, 0) is 11.3 Å². The van der Waals surface area contributed by atoms with Crippen molar-refractivity contribution in [1.29, 1.82) is 0 Å². The van der Waals surface area contributed by atoms with E-state index in [9.17, 15) is 14.0 Å². The maximum absolute atomic E-state index is 14.1. The number of carboxylic acids is 1. The number of benzene rings is 1. The third-order valence-corrected chi connectivity index (χ3v) is 4.59. The molecule has 0 bridgehead atoms. The first-order valence-electron chi connectivity index (χ1n) is 9.91. The van der Waals surface area contributed by atoms with Crippen molar-refractivity contribution < 1.29 is 28.6 Å². The Bertz CT molecular complexity index is 1010. The predicted molar refractivity (Wildman–Crippen MR) is 112 cm³/mol. The van der Waals surface area contributed by atoms with Crippen molar-refractivity contribution >= 4 is 17.6 Å². The summed E-state index contributed by atoms with van der Waals surface area (Å²) in [5.41, 5.74) is 1.29. The largest absolute Gasteiger partial charge is 0.478 e. The molecule has 1 amide bonds. The van der Waals surface area contributed by atoms with Crippen LogP contribution >= 0.6 is 0 Å². The lowest BCUT2D eigenvalue weighted by molar-refractivity contribution is 0.0270. The molecule has 8 heteroatoms. The van der Waals surface area contributed by atoms with E-state index in [0.29, 0.717) is 25.4 Å². The van der Waals surface area contributed by atoms with Gasteiger partial charge in [0.25, 0.3) is 0 Å². The number of aromatic nitrogens is 1. The van der Waals surface area contributed by atoms with Crippen LogP contribution in [0.15, 0.2) is 42.5 Å². The van der Waals surface area contributed by atoms with Gasteiger partial charge in [-0.2, -0.15) is 0 Å². The molecule has 2 heterocycles. The highest BCUT2D eigenvalue weighted by molar-refractivity contribution is 5.87. The lowest BCUT2D eigenvalue weighted by Crippen LogP contribution is -2.39. The number of carboxylic acid groups (broad SMARTS) is 1. The molecule has 7 nitrogen and oxygen atoms in total. The Morgan fingerprint density at radius 1 is 1.23 bits per heavy atom. The normalized spacial score (nSPS) is 14.1. The van der Waals surface area contributed by atoms with E-state index < -0.39 is 17.4 Å². The molecule has 2 aromatic rings. The molecule has 0 atom stereocenters. The summed E-state index contributed by atoms with van der Waals surface area (Å²) < 4.78 is 25.1. The monoisotopic (exact) mass is 428 g/mol. The number of halogens is 1. The van der Waals surface area contributed by atoms with Crippen molar-refractivity contribution in [2.24, 2.45) is 0 Å². The molecule has 1 N–H and O–H groups in total. The van der Waals surface area contributed by atoms with Crippen LogP contribution in [0, 0.1) is 5.82 Å². The fourth-order valence-corrected chi connectivity index (χ4v) is 3.02. The number of amides is 1. The number of rotatable bonds is 5. The Morgan fingerprint density at radius 3 is 2.61 bits per heavy atom.